The highest BCUT2D eigenvalue weighted by molar-refractivity contribution is 5.85. The molecule has 1 aromatic carbocycles. The van der Waals surface area contributed by atoms with Crippen LogP contribution in [0.3, 0.4) is 0 Å². The molecule has 178 valence electrons. The number of amides is 1. The minimum absolute atomic E-state index is 0. The third-order valence-corrected chi connectivity index (χ3v) is 3.96. The molecule has 0 saturated carbocycles. The molecule has 11 nitrogen and oxygen atoms in total. The van der Waals surface area contributed by atoms with Gasteiger partial charge in [-0.05, 0) is 5.56 Å². The number of rotatable bonds is 17. The molecule has 12 heteroatoms. The number of nitrogens with zero attached hydrogens (tertiary/aromatic N) is 4. The summed E-state index contributed by atoms with van der Waals surface area (Å²) < 4.78 is 21.3. The number of hydrogen-bond donors (Lipinski definition) is 2. The van der Waals surface area contributed by atoms with E-state index in [1.54, 1.807) is 0 Å². The molecule has 1 aromatic heterocycles. The molecule has 32 heavy (non-hydrogen) atoms. The van der Waals surface area contributed by atoms with Crippen LogP contribution in [0.5, 0.6) is 0 Å². The Balaban J connectivity index is 0.00000512. The van der Waals surface area contributed by atoms with E-state index in [-0.39, 0.29) is 18.3 Å². The third kappa shape index (κ3) is 12.5. The van der Waals surface area contributed by atoms with Gasteiger partial charge in [-0.25, -0.2) is 0 Å². The van der Waals surface area contributed by atoms with E-state index in [1.165, 1.54) is 6.33 Å². The zero-order chi connectivity index (χ0) is 22.0. The molecule has 3 N–H and O–H groups in total. The van der Waals surface area contributed by atoms with Crippen LogP contribution in [0, 0.1) is 0 Å². The second kappa shape index (κ2) is 18.3. The SMILES string of the molecule is Cl.NCCOCCOCCOCCOCCC(=O)NCc1ccc(-c2nncnn2)cc1. The number of carbonyl (C=O) groups is 1. The number of nitrogens with two attached hydrogens (primary N) is 1. The highest BCUT2D eigenvalue weighted by Crippen LogP contribution is 2.13. The second-order valence-corrected chi connectivity index (χ2v) is 6.33. The first kappa shape index (κ1) is 27.8. The van der Waals surface area contributed by atoms with Crippen LogP contribution in [0.25, 0.3) is 11.4 Å². The molecule has 0 aliphatic rings. The number of halogens is 1. The largest absolute Gasteiger partial charge is 0.379 e. The van der Waals surface area contributed by atoms with Gasteiger partial charge in [0.15, 0.2) is 6.33 Å². The Morgan fingerprint density at radius 3 is 1.91 bits per heavy atom. The first-order chi connectivity index (χ1) is 15.3. The fourth-order valence-corrected chi connectivity index (χ4v) is 2.39. The second-order valence-electron chi connectivity index (χ2n) is 6.33. The summed E-state index contributed by atoms with van der Waals surface area (Å²) in [4.78, 5) is 11.9. The molecular formula is C20H31ClN6O5. The van der Waals surface area contributed by atoms with Gasteiger partial charge in [-0.1, -0.05) is 24.3 Å². The van der Waals surface area contributed by atoms with E-state index in [4.69, 9.17) is 24.7 Å². The van der Waals surface area contributed by atoms with Crippen molar-refractivity contribution < 1.29 is 23.7 Å². The van der Waals surface area contributed by atoms with E-state index in [1.807, 2.05) is 24.3 Å². The normalized spacial score (nSPS) is 10.5. The Morgan fingerprint density at radius 1 is 0.812 bits per heavy atom. The number of nitrogens with one attached hydrogen (secondary N) is 1. The Bertz CT molecular complexity index is 726. The van der Waals surface area contributed by atoms with Gasteiger partial charge in [-0.3, -0.25) is 4.79 Å². The first-order valence-corrected chi connectivity index (χ1v) is 10.2. The number of carbonyl (C=O) groups excluding carboxylic acids is 1. The smallest absolute Gasteiger partial charge is 0.222 e. The molecule has 0 aliphatic heterocycles. The van der Waals surface area contributed by atoms with Crippen LogP contribution in [-0.2, 0) is 30.3 Å². The summed E-state index contributed by atoms with van der Waals surface area (Å²) in [6.45, 7) is 4.77. The monoisotopic (exact) mass is 470 g/mol. The molecule has 2 rings (SSSR count). The quantitative estimate of drug-likeness (QED) is 0.311. The van der Waals surface area contributed by atoms with Gasteiger partial charge in [0, 0.05) is 25.1 Å². The summed E-state index contributed by atoms with van der Waals surface area (Å²) in [6.07, 6.45) is 1.57. The summed E-state index contributed by atoms with van der Waals surface area (Å²) in [6, 6.07) is 7.53. The van der Waals surface area contributed by atoms with Crippen molar-refractivity contribution in [2.75, 3.05) is 59.4 Å². The fraction of sp³-hybridized carbons (Fsp3) is 0.550. The van der Waals surface area contributed by atoms with E-state index >= 15 is 0 Å². The van der Waals surface area contributed by atoms with Gasteiger partial charge in [0.05, 0.1) is 52.9 Å². The van der Waals surface area contributed by atoms with Crippen LogP contribution < -0.4 is 11.1 Å². The van der Waals surface area contributed by atoms with Crippen LogP contribution in [0.1, 0.15) is 12.0 Å². The van der Waals surface area contributed by atoms with E-state index in [0.29, 0.717) is 78.2 Å². The van der Waals surface area contributed by atoms with E-state index in [2.05, 4.69) is 25.7 Å². The Labute approximate surface area is 193 Å². The van der Waals surface area contributed by atoms with Gasteiger partial charge in [-0.2, -0.15) is 0 Å². The van der Waals surface area contributed by atoms with Crippen LogP contribution in [0.15, 0.2) is 30.6 Å². The molecule has 2 aromatic rings. The number of ether oxygens (including phenoxy) is 4. The van der Waals surface area contributed by atoms with E-state index in [0.717, 1.165) is 11.1 Å². The van der Waals surface area contributed by atoms with Crippen molar-refractivity contribution in [3.63, 3.8) is 0 Å². The van der Waals surface area contributed by atoms with Crippen molar-refractivity contribution in [2.24, 2.45) is 5.73 Å². The molecule has 1 heterocycles. The lowest BCUT2D eigenvalue weighted by molar-refractivity contribution is -0.122. The fourth-order valence-electron chi connectivity index (χ4n) is 2.39. The van der Waals surface area contributed by atoms with Gasteiger partial charge in [0.25, 0.3) is 0 Å². The summed E-state index contributed by atoms with van der Waals surface area (Å²) >= 11 is 0. The molecule has 0 saturated heterocycles. The Hall–Kier alpha value is -2.28. The predicted octanol–water partition coefficient (Wildman–Crippen LogP) is 0.387. The maximum Gasteiger partial charge on any atom is 0.222 e. The van der Waals surface area contributed by atoms with Crippen molar-refractivity contribution >= 4 is 18.3 Å². The van der Waals surface area contributed by atoms with Gasteiger partial charge in [0.1, 0.15) is 0 Å². The lowest BCUT2D eigenvalue weighted by Gasteiger charge is -2.08. The average molecular weight is 471 g/mol. The highest BCUT2D eigenvalue weighted by atomic mass is 35.5. The maximum absolute atomic E-state index is 11.9. The number of aromatic nitrogens is 4. The van der Waals surface area contributed by atoms with Crippen molar-refractivity contribution in [1.82, 2.24) is 25.7 Å². The van der Waals surface area contributed by atoms with Crippen molar-refractivity contribution in [2.45, 2.75) is 13.0 Å². The van der Waals surface area contributed by atoms with Gasteiger partial charge in [-0.15, -0.1) is 32.8 Å². The molecule has 0 radical (unpaired) electrons. The summed E-state index contributed by atoms with van der Waals surface area (Å²) in [5.74, 6) is 0.384. The zero-order valence-corrected chi connectivity index (χ0v) is 18.8. The van der Waals surface area contributed by atoms with Crippen LogP contribution >= 0.6 is 12.4 Å². The lowest BCUT2D eigenvalue weighted by atomic mass is 10.1. The molecule has 0 unspecified atom stereocenters. The predicted molar refractivity (Wildman–Crippen MR) is 119 cm³/mol. The van der Waals surface area contributed by atoms with E-state index < -0.39 is 0 Å². The molecule has 1 amide bonds. The standard InChI is InChI=1S/C20H30N6O5.ClH/c21-6-8-29-10-12-31-14-13-30-11-9-28-7-5-19(27)22-15-17-1-3-18(4-2-17)20-25-23-16-24-26-20;/h1-4,16H,5-15,21H2,(H,22,27);1H. The zero-order valence-electron chi connectivity index (χ0n) is 18.0. The third-order valence-electron chi connectivity index (χ3n) is 3.96. The highest BCUT2D eigenvalue weighted by Gasteiger charge is 2.04. The summed E-state index contributed by atoms with van der Waals surface area (Å²) in [5, 5.41) is 18.1. The van der Waals surface area contributed by atoms with E-state index in [9.17, 15) is 4.79 Å². The Kier molecular flexibility index (Phi) is 15.9. The van der Waals surface area contributed by atoms with Gasteiger partial charge in [0.2, 0.25) is 11.7 Å². The van der Waals surface area contributed by atoms with Crippen LogP contribution in [0.2, 0.25) is 0 Å². The average Bonchev–Trinajstić information content (AvgIpc) is 2.81. The van der Waals surface area contributed by atoms with Gasteiger partial charge < -0.3 is 30.0 Å². The molecule has 0 aliphatic carbocycles. The van der Waals surface area contributed by atoms with Crippen LogP contribution in [-0.4, -0.2) is 85.7 Å². The number of hydrogen-bond acceptors (Lipinski definition) is 10. The van der Waals surface area contributed by atoms with Crippen molar-refractivity contribution in [3.05, 3.63) is 36.2 Å². The molecule has 0 bridgehead atoms. The Morgan fingerprint density at radius 2 is 1.34 bits per heavy atom. The minimum atomic E-state index is -0.0740. The molecular weight excluding hydrogens is 440 g/mol. The number of benzene rings is 1. The first-order valence-electron chi connectivity index (χ1n) is 10.2. The van der Waals surface area contributed by atoms with Crippen molar-refractivity contribution in [1.29, 1.82) is 0 Å². The summed E-state index contributed by atoms with van der Waals surface area (Å²) in [7, 11) is 0. The maximum atomic E-state index is 11.9. The molecule has 0 atom stereocenters. The molecule has 0 fully saturated rings. The van der Waals surface area contributed by atoms with Crippen LogP contribution in [0.4, 0.5) is 0 Å². The topological polar surface area (TPSA) is 144 Å². The van der Waals surface area contributed by atoms with Crippen molar-refractivity contribution in [3.8, 4) is 11.4 Å². The molecule has 0 spiro atoms. The minimum Gasteiger partial charge on any atom is -0.379 e. The summed E-state index contributed by atoms with van der Waals surface area (Å²) in [5.41, 5.74) is 7.09. The van der Waals surface area contributed by atoms with Gasteiger partial charge >= 0.3 is 0 Å². The lowest BCUT2D eigenvalue weighted by Crippen LogP contribution is -2.24.